The molecule has 0 aromatic carbocycles. The number of nitrogens with two attached hydrogens (primary N) is 1. The number of phosphoric acid groups is 2. The summed E-state index contributed by atoms with van der Waals surface area (Å²) in [6, 6.07) is 2.92. The lowest BCUT2D eigenvalue weighted by Crippen LogP contribution is -2.44. The quantitative estimate of drug-likeness (QED) is 0.0188. The Balaban J connectivity index is 1.15. The number of rotatable bonds is 16. The molecule has 5 rings (SSSR count). The molecule has 0 radical (unpaired) electrons. The largest absolute Gasteiger partial charge is 0.481 e. The molecule has 2 fully saturated rings. The van der Waals surface area contributed by atoms with Gasteiger partial charge in [0, 0.05) is 24.1 Å². The molecule has 10 atom stereocenters. The van der Waals surface area contributed by atoms with Crippen LogP contribution in [-0.4, -0.2) is 113 Å². The van der Waals surface area contributed by atoms with Crippen molar-refractivity contribution in [1.82, 2.24) is 19.5 Å². The van der Waals surface area contributed by atoms with Crippen molar-refractivity contribution in [3.05, 3.63) is 53.2 Å². The standard InChI is InChI=1S/C24H31ClN10O13P2/c25-15-17(36)13(46-23(15)34-6-1-3-12(7-34)20(26)39)8-44-49(40,41)48-50(42,43)45-9-14-18(37)19(38)24(47-14)35-11-31-16-21(29-10-30-22(16)35)28-4-2-5-32-33-27/h1,3,6-7,10-11,13-15,17-19,23-24,36-38H,2,4-5,8-9H2,(H4-,26,28,29,30,39,40,41,42,43)/p+1/t13-,14-,15+,17-,18-,19-,23-,24-/m1/s1. The van der Waals surface area contributed by atoms with Gasteiger partial charge in [0.15, 0.2) is 41.0 Å². The average Bonchev–Trinajstić information content (AvgIpc) is 3.72. The van der Waals surface area contributed by atoms with E-state index in [1.54, 1.807) is 0 Å². The van der Waals surface area contributed by atoms with Gasteiger partial charge in [-0.3, -0.25) is 18.4 Å². The Morgan fingerprint density at radius 1 is 1.12 bits per heavy atom. The van der Waals surface area contributed by atoms with Crippen LogP contribution in [0.3, 0.4) is 0 Å². The second-order valence-electron chi connectivity index (χ2n) is 10.8. The predicted molar refractivity (Wildman–Crippen MR) is 166 cm³/mol. The molecular formula is C24H32ClN10O13P2+. The summed E-state index contributed by atoms with van der Waals surface area (Å²) < 4.78 is 52.9. The molecule has 0 spiro atoms. The first kappa shape index (κ1) is 37.9. The summed E-state index contributed by atoms with van der Waals surface area (Å²) in [5, 5.41) is 37.1. The first-order valence-electron chi connectivity index (χ1n) is 14.6. The maximum Gasteiger partial charge on any atom is 0.481 e. The Morgan fingerprint density at radius 2 is 1.82 bits per heavy atom. The Labute approximate surface area is 286 Å². The summed E-state index contributed by atoms with van der Waals surface area (Å²) in [6.07, 6.45) is -4.06. The van der Waals surface area contributed by atoms with Crippen molar-refractivity contribution in [2.24, 2.45) is 10.8 Å². The number of hydrogen-bond acceptors (Lipinski definition) is 16. The molecule has 2 saturated heterocycles. The molecule has 2 aliphatic heterocycles. The fourth-order valence-electron chi connectivity index (χ4n) is 5.06. The van der Waals surface area contributed by atoms with Crippen molar-refractivity contribution in [1.29, 1.82) is 0 Å². The lowest BCUT2D eigenvalue weighted by atomic mass is 10.1. The van der Waals surface area contributed by atoms with Crippen LogP contribution in [0, 0.1) is 0 Å². The number of phosphoric ester groups is 2. The zero-order chi connectivity index (χ0) is 36.2. The number of aromatic nitrogens is 5. The highest BCUT2D eigenvalue weighted by Gasteiger charge is 2.50. The number of azide groups is 1. The number of aliphatic hydroxyl groups excluding tert-OH is 3. The lowest BCUT2D eigenvalue weighted by Gasteiger charge is -2.20. The number of ether oxygens (including phenoxy) is 2. The molecule has 272 valence electrons. The van der Waals surface area contributed by atoms with E-state index < -0.39 is 83.1 Å². The highest BCUT2D eigenvalue weighted by atomic mass is 35.5. The van der Waals surface area contributed by atoms with E-state index in [-0.39, 0.29) is 23.3 Å². The van der Waals surface area contributed by atoms with Gasteiger partial charge in [-0.1, -0.05) is 5.11 Å². The van der Waals surface area contributed by atoms with Gasteiger partial charge in [0.05, 0.1) is 19.5 Å². The van der Waals surface area contributed by atoms with Crippen LogP contribution in [0.1, 0.15) is 29.2 Å². The fourth-order valence-corrected chi connectivity index (χ4v) is 7.50. The van der Waals surface area contributed by atoms with Gasteiger partial charge in [-0.15, -0.1) is 11.6 Å². The summed E-state index contributed by atoms with van der Waals surface area (Å²) in [4.78, 5) is 47.0. The normalized spacial score (nSPS) is 28.9. The van der Waals surface area contributed by atoms with Crippen LogP contribution in [0.25, 0.3) is 21.6 Å². The number of nitrogens with one attached hydrogen (secondary N) is 1. The van der Waals surface area contributed by atoms with E-state index in [4.69, 9.17) is 41.4 Å². The Morgan fingerprint density at radius 3 is 2.50 bits per heavy atom. The highest BCUT2D eigenvalue weighted by Crippen LogP contribution is 2.60. The first-order valence-corrected chi connectivity index (χ1v) is 18.0. The van der Waals surface area contributed by atoms with Crippen molar-refractivity contribution in [3.8, 4) is 0 Å². The van der Waals surface area contributed by atoms with Crippen LogP contribution in [0.15, 0.2) is 42.3 Å². The average molecular weight is 766 g/mol. The van der Waals surface area contributed by atoms with Crippen molar-refractivity contribution < 1.29 is 66.4 Å². The number of nitrogens with zero attached hydrogens (tertiary/aromatic N) is 8. The summed E-state index contributed by atoms with van der Waals surface area (Å²) in [7, 11) is -10.7. The Hall–Kier alpha value is -3.37. The number of anilines is 1. The van der Waals surface area contributed by atoms with Crippen LogP contribution >= 0.6 is 27.2 Å². The molecule has 26 heteroatoms. The number of imidazole rings is 1. The van der Waals surface area contributed by atoms with Gasteiger partial charge in [-0.2, -0.15) is 8.88 Å². The predicted octanol–water partition coefficient (Wildman–Crippen LogP) is -0.239. The molecule has 0 bridgehead atoms. The smallest absolute Gasteiger partial charge is 0.388 e. The number of amides is 1. The van der Waals surface area contributed by atoms with E-state index in [0.29, 0.717) is 18.8 Å². The van der Waals surface area contributed by atoms with Gasteiger partial charge in [-0.25, -0.2) is 24.1 Å². The number of fused-ring (bicyclic) bond motifs is 1. The SMILES string of the molecule is [N-]=[N+]=NCCCNc1ncnc2c1ncn2[C@@H]1O[C@H](COP(=O)(O)OP(=O)(O)OC[C@H]2O[C@@H]([n+]3cccc(C(N)=O)c3)[C@@H](Cl)[C@@H]2O)[C@@H](O)[C@H]1O. The minimum atomic E-state index is -5.38. The van der Waals surface area contributed by atoms with Crippen LogP contribution in [-0.2, 0) is 32.0 Å². The fraction of sp³-hybridized carbons (Fsp3) is 0.542. The number of alkyl halides is 1. The van der Waals surface area contributed by atoms with Crippen LogP contribution in [0.2, 0.25) is 0 Å². The van der Waals surface area contributed by atoms with Gasteiger partial charge >= 0.3 is 15.6 Å². The van der Waals surface area contributed by atoms with E-state index in [0.717, 1.165) is 0 Å². The zero-order valence-electron chi connectivity index (χ0n) is 25.5. The van der Waals surface area contributed by atoms with E-state index in [2.05, 4.69) is 34.6 Å². The van der Waals surface area contributed by atoms with E-state index in [1.165, 1.54) is 46.3 Å². The van der Waals surface area contributed by atoms with E-state index in [1.807, 2.05) is 0 Å². The third-order valence-electron chi connectivity index (χ3n) is 7.47. The molecule has 0 saturated carbocycles. The van der Waals surface area contributed by atoms with Crippen molar-refractivity contribution in [2.45, 2.75) is 54.8 Å². The molecule has 3 aromatic rings. The number of aliphatic hydroxyl groups is 3. The second-order valence-corrected chi connectivity index (χ2v) is 14.4. The molecule has 1 amide bonds. The number of primary amides is 1. The maximum absolute atomic E-state index is 12.6. The van der Waals surface area contributed by atoms with Crippen molar-refractivity contribution >= 4 is 50.1 Å². The summed E-state index contributed by atoms with van der Waals surface area (Å²) >= 11 is 6.27. The molecule has 8 N–H and O–H groups in total. The number of carbonyl (C=O) groups excluding carboxylic acids is 1. The topological polar surface area (TPSA) is 333 Å². The third kappa shape index (κ3) is 8.73. The molecule has 0 aliphatic carbocycles. The molecule has 2 aliphatic rings. The molecule has 23 nitrogen and oxygen atoms in total. The third-order valence-corrected chi connectivity index (χ3v) is 10.5. The van der Waals surface area contributed by atoms with Crippen LogP contribution in [0.4, 0.5) is 5.82 Å². The minimum Gasteiger partial charge on any atom is -0.388 e. The summed E-state index contributed by atoms with van der Waals surface area (Å²) in [5.41, 5.74) is 14.3. The minimum absolute atomic E-state index is 0.116. The van der Waals surface area contributed by atoms with E-state index >= 15 is 0 Å². The number of carbonyl (C=O) groups is 1. The van der Waals surface area contributed by atoms with Gasteiger partial charge in [0.25, 0.3) is 12.1 Å². The molecule has 2 unspecified atom stereocenters. The molecular weight excluding hydrogens is 734 g/mol. The van der Waals surface area contributed by atoms with Crippen molar-refractivity contribution in [3.63, 3.8) is 0 Å². The number of pyridine rings is 1. The summed E-state index contributed by atoms with van der Waals surface area (Å²) in [5.74, 6) is -0.397. The molecule has 5 heterocycles. The van der Waals surface area contributed by atoms with Crippen LogP contribution in [0.5, 0.6) is 0 Å². The van der Waals surface area contributed by atoms with Gasteiger partial charge < -0.3 is 45.6 Å². The lowest BCUT2D eigenvalue weighted by molar-refractivity contribution is -0.758. The first-order chi connectivity index (χ1) is 23.7. The monoisotopic (exact) mass is 765 g/mol. The maximum atomic E-state index is 12.6. The van der Waals surface area contributed by atoms with Gasteiger partial charge in [-0.05, 0) is 18.0 Å². The zero-order valence-corrected chi connectivity index (χ0v) is 28.1. The van der Waals surface area contributed by atoms with E-state index in [9.17, 15) is 39.0 Å². The Bertz CT molecular complexity index is 1840. The van der Waals surface area contributed by atoms with Crippen molar-refractivity contribution in [2.75, 3.05) is 31.6 Å². The van der Waals surface area contributed by atoms with Crippen LogP contribution < -0.4 is 15.6 Å². The van der Waals surface area contributed by atoms with Gasteiger partial charge in [0.1, 0.15) is 42.4 Å². The molecule has 3 aromatic heterocycles. The summed E-state index contributed by atoms with van der Waals surface area (Å²) in [6.45, 7) is -1.08. The number of halogens is 1. The van der Waals surface area contributed by atoms with Gasteiger partial charge in [0.2, 0.25) is 0 Å². The Kier molecular flexibility index (Phi) is 12.0. The molecule has 50 heavy (non-hydrogen) atoms. The number of hydrogen-bond donors (Lipinski definition) is 7. The second kappa shape index (κ2) is 15.9. The highest BCUT2D eigenvalue weighted by molar-refractivity contribution is 7.61.